The third-order valence-corrected chi connectivity index (χ3v) is 2.93. The minimum atomic E-state index is 0.321. The summed E-state index contributed by atoms with van der Waals surface area (Å²) in [7, 11) is 1.64. The third-order valence-electron chi connectivity index (χ3n) is 2.58. The molecule has 0 fully saturated rings. The van der Waals surface area contributed by atoms with Gasteiger partial charge in [-0.25, -0.2) is 4.98 Å². The zero-order chi connectivity index (χ0) is 13.7. The van der Waals surface area contributed by atoms with Crippen molar-refractivity contribution in [1.82, 2.24) is 4.98 Å². The molecule has 0 unspecified atom stereocenters. The number of hydrogen-bond acceptors (Lipinski definition) is 4. The molecule has 0 saturated carbocycles. The van der Waals surface area contributed by atoms with Gasteiger partial charge in [0.05, 0.1) is 31.0 Å². The Morgan fingerprint density at radius 3 is 2.84 bits per heavy atom. The first-order chi connectivity index (χ1) is 9.19. The number of nitrogens with zero attached hydrogens (tertiary/aromatic N) is 1. The van der Waals surface area contributed by atoms with Crippen LogP contribution in [0.15, 0.2) is 36.4 Å². The summed E-state index contributed by atoms with van der Waals surface area (Å²) in [6, 6.07) is 11.1. The number of ether oxygens (including phenoxy) is 2. The zero-order valence-corrected chi connectivity index (χ0v) is 11.4. The summed E-state index contributed by atoms with van der Waals surface area (Å²) < 4.78 is 10.7. The molecule has 1 aromatic heterocycles. The quantitative estimate of drug-likeness (QED) is 0.913. The van der Waals surface area contributed by atoms with Gasteiger partial charge in [0.2, 0.25) is 0 Å². The second-order valence-corrected chi connectivity index (χ2v) is 4.42. The molecule has 0 aliphatic rings. The van der Waals surface area contributed by atoms with Crippen molar-refractivity contribution >= 4 is 17.4 Å². The number of pyridine rings is 1. The number of benzene rings is 1. The van der Waals surface area contributed by atoms with Gasteiger partial charge in [0.25, 0.3) is 0 Å². The van der Waals surface area contributed by atoms with Crippen LogP contribution in [0.5, 0.6) is 5.75 Å². The average molecular weight is 279 g/mol. The normalized spacial score (nSPS) is 10.4. The first-order valence-corrected chi connectivity index (χ1v) is 6.18. The standard InChI is InChI=1S/C14H15ClN2O2/c1-18-11-4-2-3-10(7-11)8-19-9-13-12(15)5-6-14(16)17-13/h2-7H,8-9H2,1H3,(H2,16,17). The van der Waals surface area contributed by atoms with Crippen LogP contribution in [-0.2, 0) is 18.0 Å². The van der Waals surface area contributed by atoms with Crippen molar-refractivity contribution in [3.05, 3.63) is 52.7 Å². The predicted molar refractivity (Wildman–Crippen MR) is 75.1 cm³/mol. The Balaban J connectivity index is 1.94. The fourth-order valence-electron chi connectivity index (χ4n) is 1.63. The minimum absolute atomic E-state index is 0.321. The van der Waals surface area contributed by atoms with E-state index in [1.807, 2.05) is 24.3 Å². The molecule has 0 saturated heterocycles. The highest BCUT2D eigenvalue weighted by Crippen LogP contribution is 2.18. The van der Waals surface area contributed by atoms with Gasteiger partial charge < -0.3 is 15.2 Å². The second kappa shape index (κ2) is 6.41. The van der Waals surface area contributed by atoms with E-state index in [0.717, 1.165) is 11.3 Å². The molecular weight excluding hydrogens is 264 g/mol. The Morgan fingerprint density at radius 1 is 1.21 bits per heavy atom. The molecule has 100 valence electrons. The smallest absolute Gasteiger partial charge is 0.123 e. The number of aromatic nitrogens is 1. The molecule has 4 nitrogen and oxygen atoms in total. The molecule has 0 bridgehead atoms. The third kappa shape index (κ3) is 3.84. The molecule has 0 amide bonds. The zero-order valence-electron chi connectivity index (χ0n) is 10.6. The lowest BCUT2D eigenvalue weighted by Gasteiger charge is -2.07. The van der Waals surface area contributed by atoms with Crippen molar-refractivity contribution in [2.75, 3.05) is 12.8 Å². The topological polar surface area (TPSA) is 57.4 Å². The fraction of sp³-hybridized carbons (Fsp3) is 0.214. The van der Waals surface area contributed by atoms with E-state index in [1.54, 1.807) is 19.2 Å². The highest BCUT2D eigenvalue weighted by Gasteiger charge is 2.03. The van der Waals surface area contributed by atoms with Crippen molar-refractivity contribution in [3.63, 3.8) is 0 Å². The Bertz CT molecular complexity index is 561. The summed E-state index contributed by atoms with van der Waals surface area (Å²) >= 11 is 6.01. The van der Waals surface area contributed by atoms with Gasteiger partial charge in [-0.3, -0.25) is 0 Å². The summed E-state index contributed by atoms with van der Waals surface area (Å²) in [5.74, 6) is 1.24. The maximum Gasteiger partial charge on any atom is 0.123 e. The molecule has 2 aromatic rings. The van der Waals surface area contributed by atoms with Crippen molar-refractivity contribution < 1.29 is 9.47 Å². The van der Waals surface area contributed by atoms with E-state index in [9.17, 15) is 0 Å². The number of nitrogens with two attached hydrogens (primary N) is 1. The van der Waals surface area contributed by atoms with Crippen molar-refractivity contribution in [2.24, 2.45) is 0 Å². The lowest BCUT2D eigenvalue weighted by atomic mass is 10.2. The van der Waals surface area contributed by atoms with Gasteiger partial charge in [0.1, 0.15) is 11.6 Å². The Hall–Kier alpha value is -1.78. The summed E-state index contributed by atoms with van der Waals surface area (Å²) in [5, 5.41) is 0.555. The molecule has 0 spiro atoms. The van der Waals surface area contributed by atoms with Crippen LogP contribution in [0.4, 0.5) is 5.82 Å². The fourth-order valence-corrected chi connectivity index (χ4v) is 1.79. The van der Waals surface area contributed by atoms with E-state index in [4.69, 9.17) is 26.8 Å². The lowest BCUT2D eigenvalue weighted by molar-refractivity contribution is 0.104. The monoisotopic (exact) mass is 278 g/mol. The first kappa shape index (κ1) is 13.6. The van der Waals surface area contributed by atoms with E-state index in [1.165, 1.54) is 0 Å². The van der Waals surface area contributed by atoms with E-state index < -0.39 is 0 Å². The highest BCUT2D eigenvalue weighted by atomic mass is 35.5. The second-order valence-electron chi connectivity index (χ2n) is 4.01. The van der Waals surface area contributed by atoms with E-state index in [2.05, 4.69) is 4.98 Å². The molecule has 0 atom stereocenters. The molecule has 1 heterocycles. The summed E-state index contributed by atoms with van der Waals surface area (Å²) in [6.07, 6.45) is 0. The largest absolute Gasteiger partial charge is 0.497 e. The molecule has 0 radical (unpaired) electrons. The number of methoxy groups -OCH3 is 1. The summed E-state index contributed by atoms with van der Waals surface area (Å²) in [6.45, 7) is 0.783. The molecule has 2 N–H and O–H groups in total. The van der Waals surface area contributed by atoms with Gasteiger partial charge in [-0.1, -0.05) is 23.7 Å². The number of hydrogen-bond donors (Lipinski definition) is 1. The first-order valence-electron chi connectivity index (χ1n) is 5.80. The molecule has 0 aliphatic heterocycles. The van der Waals surface area contributed by atoms with Gasteiger partial charge >= 0.3 is 0 Å². The molecule has 19 heavy (non-hydrogen) atoms. The van der Waals surface area contributed by atoms with E-state index in [0.29, 0.717) is 29.7 Å². The summed E-state index contributed by atoms with van der Waals surface area (Å²) in [4.78, 5) is 4.13. The van der Waals surface area contributed by atoms with Crippen molar-refractivity contribution in [3.8, 4) is 5.75 Å². The van der Waals surface area contributed by atoms with E-state index in [-0.39, 0.29) is 0 Å². The van der Waals surface area contributed by atoms with Crippen molar-refractivity contribution in [1.29, 1.82) is 0 Å². The molecule has 2 rings (SSSR count). The van der Waals surface area contributed by atoms with Gasteiger partial charge in [0.15, 0.2) is 0 Å². The van der Waals surface area contributed by atoms with Gasteiger partial charge in [-0.05, 0) is 29.8 Å². The van der Waals surface area contributed by atoms with Crippen LogP contribution < -0.4 is 10.5 Å². The lowest BCUT2D eigenvalue weighted by Crippen LogP contribution is -2.00. The average Bonchev–Trinajstić information content (AvgIpc) is 2.43. The molecular formula is C14H15ClN2O2. The molecule has 5 heteroatoms. The highest BCUT2D eigenvalue weighted by molar-refractivity contribution is 6.31. The Kier molecular flexibility index (Phi) is 4.60. The number of halogens is 1. The van der Waals surface area contributed by atoms with Crippen LogP contribution in [-0.4, -0.2) is 12.1 Å². The SMILES string of the molecule is COc1cccc(COCc2nc(N)ccc2Cl)c1. The maximum atomic E-state index is 6.01. The number of nitrogen functional groups attached to an aromatic ring is 1. The van der Waals surface area contributed by atoms with Gasteiger partial charge in [-0.2, -0.15) is 0 Å². The maximum absolute atomic E-state index is 6.01. The van der Waals surface area contributed by atoms with Gasteiger partial charge in [0, 0.05) is 0 Å². The summed E-state index contributed by atoms with van der Waals surface area (Å²) in [5.41, 5.74) is 7.28. The van der Waals surface area contributed by atoms with Gasteiger partial charge in [-0.15, -0.1) is 0 Å². The molecule has 0 aliphatic carbocycles. The van der Waals surface area contributed by atoms with Crippen molar-refractivity contribution in [2.45, 2.75) is 13.2 Å². The Labute approximate surface area is 117 Å². The van der Waals surface area contributed by atoms with E-state index >= 15 is 0 Å². The predicted octanol–water partition coefficient (Wildman–Crippen LogP) is 3.04. The molecule has 1 aromatic carbocycles. The van der Waals surface area contributed by atoms with Crippen LogP contribution >= 0.6 is 11.6 Å². The van der Waals surface area contributed by atoms with Crippen LogP contribution in [0.2, 0.25) is 5.02 Å². The van der Waals surface area contributed by atoms with Crippen LogP contribution in [0.3, 0.4) is 0 Å². The van der Waals surface area contributed by atoms with Crippen LogP contribution in [0.25, 0.3) is 0 Å². The van der Waals surface area contributed by atoms with Crippen LogP contribution in [0.1, 0.15) is 11.3 Å². The number of rotatable bonds is 5. The minimum Gasteiger partial charge on any atom is -0.497 e. The Morgan fingerprint density at radius 2 is 2.05 bits per heavy atom. The van der Waals surface area contributed by atoms with Crippen LogP contribution in [0, 0.1) is 0 Å². The number of anilines is 1.